The number of nitrogens with one attached hydrogen (secondary N) is 2. The number of nitro groups is 1. The van der Waals surface area contributed by atoms with E-state index in [0.29, 0.717) is 34.8 Å². The summed E-state index contributed by atoms with van der Waals surface area (Å²) >= 11 is 0. The largest absolute Gasteiger partial charge is 0.383 e. The number of anilines is 1. The van der Waals surface area contributed by atoms with Crippen LogP contribution in [0.15, 0.2) is 41.2 Å². The molecule has 0 bridgehead atoms. The molecule has 0 aliphatic heterocycles. The van der Waals surface area contributed by atoms with Crippen molar-refractivity contribution in [2.45, 2.75) is 13.8 Å². The average Bonchev–Trinajstić information content (AvgIpc) is 2.69. The average molecular weight is 451 g/mol. The Kier molecular flexibility index (Phi) is 8.08. The molecule has 0 atom stereocenters. The smallest absolute Gasteiger partial charge is 0.293 e. The Morgan fingerprint density at radius 1 is 1.16 bits per heavy atom. The SMILES string of the molecule is CCN(CC)CCNc1ccc([N+](=O)[O-])c2[nH]c3ccccc3c(=O)c12.CS(=O)(=O)O. The number of pyridine rings is 1. The van der Waals surface area contributed by atoms with E-state index in [1.54, 1.807) is 30.3 Å². The number of nitro benzene ring substituents is 1. The predicted molar refractivity (Wildman–Crippen MR) is 122 cm³/mol. The summed E-state index contributed by atoms with van der Waals surface area (Å²) in [7, 11) is -3.67. The Morgan fingerprint density at radius 3 is 2.35 bits per heavy atom. The summed E-state index contributed by atoms with van der Waals surface area (Å²) in [6.07, 6.45) is 0.715. The first-order chi connectivity index (χ1) is 14.6. The van der Waals surface area contributed by atoms with Crippen LogP contribution >= 0.6 is 0 Å². The van der Waals surface area contributed by atoms with E-state index in [2.05, 4.69) is 29.0 Å². The molecular weight excluding hydrogens is 424 g/mol. The van der Waals surface area contributed by atoms with Crippen molar-refractivity contribution in [3.63, 3.8) is 0 Å². The maximum atomic E-state index is 13.0. The first-order valence-corrected chi connectivity index (χ1v) is 11.5. The Labute approximate surface area is 179 Å². The number of aromatic nitrogens is 1. The zero-order valence-corrected chi connectivity index (χ0v) is 18.4. The Hall–Kier alpha value is -3.02. The maximum absolute atomic E-state index is 13.0. The third kappa shape index (κ3) is 6.48. The summed E-state index contributed by atoms with van der Waals surface area (Å²) < 4.78 is 25.9. The number of H-pyrrole nitrogens is 1. The topological polar surface area (TPSA) is 146 Å². The van der Waals surface area contributed by atoms with Gasteiger partial charge in [-0.05, 0) is 31.3 Å². The number of non-ortho nitro benzene ring substituents is 1. The van der Waals surface area contributed by atoms with Crippen molar-refractivity contribution < 1.29 is 17.9 Å². The molecule has 0 unspecified atom stereocenters. The highest BCUT2D eigenvalue weighted by Gasteiger charge is 2.19. The fourth-order valence-electron chi connectivity index (χ4n) is 3.20. The Bertz CT molecular complexity index is 1230. The number of fused-ring (bicyclic) bond motifs is 2. The third-order valence-electron chi connectivity index (χ3n) is 4.68. The van der Waals surface area contributed by atoms with Gasteiger partial charge in [-0.3, -0.25) is 19.5 Å². The van der Waals surface area contributed by atoms with Gasteiger partial charge in [0.2, 0.25) is 0 Å². The molecule has 11 heteroatoms. The summed E-state index contributed by atoms with van der Waals surface area (Å²) in [5, 5.41) is 15.5. The molecule has 31 heavy (non-hydrogen) atoms. The number of likely N-dealkylation sites (N-methyl/N-ethyl adjacent to an activating group) is 1. The van der Waals surface area contributed by atoms with E-state index >= 15 is 0 Å². The molecular formula is C20H26N4O6S. The maximum Gasteiger partial charge on any atom is 0.293 e. The monoisotopic (exact) mass is 450 g/mol. The molecule has 3 N–H and O–H groups in total. The van der Waals surface area contributed by atoms with Crippen LogP contribution in [0.1, 0.15) is 13.8 Å². The second-order valence-electron chi connectivity index (χ2n) is 6.83. The highest BCUT2D eigenvalue weighted by Crippen LogP contribution is 2.29. The molecule has 1 aromatic heterocycles. The lowest BCUT2D eigenvalue weighted by atomic mass is 10.1. The molecule has 3 aromatic rings. The molecule has 0 saturated heterocycles. The summed E-state index contributed by atoms with van der Waals surface area (Å²) in [5.41, 5.74) is 1.16. The van der Waals surface area contributed by atoms with Crippen LogP contribution in [0, 0.1) is 10.1 Å². The lowest BCUT2D eigenvalue weighted by Gasteiger charge is -2.19. The lowest BCUT2D eigenvalue weighted by Crippen LogP contribution is -2.28. The van der Waals surface area contributed by atoms with Crippen LogP contribution in [0.3, 0.4) is 0 Å². The van der Waals surface area contributed by atoms with Gasteiger partial charge in [-0.2, -0.15) is 8.42 Å². The standard InChI is InChI=1S/C19H22N4O3.CH4O3S/c1-3-22(4-2)12-11-20-15-9-10-16(23(25)26)18-17(15)19(24)13-7-5-6-8-14(13)21-18;1-5(2,3)4/h5-10,20H,3-4,11-12H2,1-2H3,(H,21,24);1H3,(H,2,3,4). The highest BCUT2D eigenvalue weighted by atomic mass is 32.2. The quantitative estimate of drug-likeness (QED) is 0.216. The first kappa shape index (κ1) is 24.3. The molecule has 2 aromatic carbocycles. The molecule has 0 spiro atoms. The van der Waals surface area contributed by atoms with Gasteiger partial charge in [0, 0.05) is 35.7 Å². The molecule has 0 aliphatic rings. The van der Waals surface area contributed by atoms with E-state index in [-0.39, 0.29) is 16.6 Å². The van der Waals surface area contributed by atoms with Crippen molar-refractivity contribution in [2.24, 2.45) is 0 Å². The summed E-state index contributed by atoms with van der Waals surface area (Å²) in [4.78, 5) is 29.3. The highest BCUT2D eigenvalue weighted by molar-refractivity contribution is 7.85. The summed E-state index contributed by atoms with van der Waals surface area (Å²) in [5.74, 6) is 0. The molecule has 0 saturated carbocycles. The van der Waals surface area contributed by atoms with E-state index < -0.39 is 15.0 Å². The van der Waals surface area contributed by atoms with E-state index in [4.69, 9.17) is 4.55 Å². The Morgan fingerprint density at radius 2 is 1.77 bits per heavy atom. The van der Waals surface area contributed by atoms with Crippen molar-refractivity contribution in [2.75, 3.05) is 37.8 Å². The minimum absolute atomic E-state index is 0.0999. The molecule has 10 nitrogen and oxygen atoms in total. The van der Waals surface area contributed by atoms with Crippen LogP contribution in [0.25, 0.3) is 21.8 Å². The van der Waals surface area contributed by atoms with Crippen molar-refractivity contribution in [1.29, 1.82) is 0 Å². The Balaban J connectivity index is 0.000000614. The number of hydrogen-bond donors (Lipinski definition) is 3. The molecule has 0 aliphatic carbocycles. The number of benzene rings is 2. The number of rotatable bonds is 7. The second-order valence-corrected chi connectivity index (χ2v) is 8.29. The van der Waals surface area contributed by atoms with Crippen LogP contribution in [0.4, 0.5) is 11.4 Å². The zero-order valence-electron chi connectivity index (χ0n) is 17.6. The third-order valence-corrected chi connectivity index (χ3v) is 4.68. The van der Waals surface area contributed by atoms with E-state index in [0.717, 1.165) is 19.6 Å². The molecule has 0 amide bonds. The van der Waals surface area contributed by atoms with Gasteiger partial charge in [-0.25, -0.2) is 0 Å². The minimum Gasteiger partial charge on any atom is -0.383 e. The van der Waals surface area contributed by atoms with Crippen LogP contribution in [-0.4, -0.2) is 60.2 Å². The van der Waals surface area contributed by atoms with E-state index in [9.17, 15) is 23.3 Å². The van der Waals surface area contributed by atoms with Crippen LogP contribution in [0.5, 0.6) is 0 Å². The zero-order chi connectivity index (χ0) is 23.2. The van der Waals surface area contributed by atoms with Crippen LogP contribution < -0.4 is 10.7 Å². The molecule has 1 heterocycles. The molecule has 168 valence electrons. The number of aromatic amines is 1. The number of nitrogens with zero attached hydrogens (tertiary/aromatic N) is 2. The van der Waals surface area contributed by atoms with Crippen molar-refractivity contribution in [1.82, 2.24) is 9.88 Å². The fraction of sp³-hybridized carbons (Fsp3) is 0.350. The molecule has 3 rings (SSSR count). The normalized spacial score (nSPS) is 11.4. The van der Waals surface area contributed by atoms with Crippen LogP contribution in [-0.2, 0) is 10.1 Å². The second kappa shape index (κ2) is 10.3. The molecule has 0 radical (unpaired) electrons. The van der Waals surface area contributed by atoms with Gasteiger partial charge in [0.15, 0.2) is 5.43 Å². The first-order valence-electron chi connectivity index (χ1n) is 9.67. The number of hydrogen-bond acceptors (Lipinski definition) is 7. The van der Waals surface area contributed by atoms with Crippen molar-refractivity contribution >= 4 is 43.3 Å². The van der Waals surface area contributed by atoms with Crippen molar-refractivity contribution in [3.8, 4) is 0 Å². The fourth-order valence-corrected chi connectivity index (χ4v) is 3.20. The molecule has 0 fully saturated rings. The van der Waals surface area contributed by atoms with Gasteiger partial charge >= 0.3 is 0 Å². The predicted octanol–water partition coefficient (Wildman–Crippen LogP) is 2.85. The van der Waals surface area contributed by atoms with E-state index in [1.807, 2.05) is 0 Å². The minimum atomic E-state index is -3.67. The van der Waals surface area contributed by atoms with Gasteiger partial charge < -0.3 is 15.2 Å². The summed E-state index contributed by atoms with van der Waals surface area (Å²) in [6, 6.07) is 10.1. The van der Waals surface area contributed by atoms with E-state index in [1.165, 1.54) is 6.07 Å². The van der Waals surface area contributed by atoms with Gasteiger partial charge in [0.05, 0.1) is 16.6 Å². The van der Waals surface area contributed by atoms with Gasteiger partial charge in [-0.15, -0.1) is 0 Å². The summed E-state index contributed by atoms with van der Waals surface area (Å²) in [6.45, 7) is 7.58. The number of para-hydroxylation sites is 1. The van der Waals surface area contributed by atoms with Gasteiger partial charge in [-0.1, -0.05) is 26.0 Å². The van der Waals surface area contributed by atoms with Crippen LogP contribution in [0.2, 0.25) is 0 Å². The lowest BCUT2D eigenvalue weighted by molar-refractivity contribution is -0.383. The van der Waals surface area contributed by atoms with Crippen molar-refractivity contribution in [3.05, 3.63) is 56.7 Å². The van der Waals surface area contributed by atoms with Gasteiger partial charge in [0.1, 0.15) is 5.52 Å². The van der Waals surface area contributed by atoms with Gasteiger partial charge in [0.25, 0.3) is 15.8 Å².